The number of hydrogen-bond donors (Lipinski definition) is 2. The Morgan fingerprint density at radius 2 is 1.55 bits per heavy atom. The number of amides is 4. The highest BCUT2D eigenvalue weighted by atomic mass is 16.5. The third kappa shape index (κ3) is 5.66. The van der Waals surface area contributed by atoms with E-state index in [0.29, 0.717) is 17.1 Å². The lowest BCUT2D eigenvalue weighted by molar-refractivity contribution is -0.126. The lowest BCUT2D eigenvalue weighted by Gasteiger charge is -2.38. The average Bonchev–Trinajstić information content (AvgIpc) is 3.09. The number of ether oxygens (including phenoxy) is 1. The second-order valence-electron chi connectivity index (χ2n) is 9.62. The number of fused-ring (bicyclic) bond motifs is 1. The number of carbonyl (C=O) groups is 3. The van der Waals surface area contributed by atoms with Crippen molar-refractivity contribution < 1.29 is 19.1 Å². The zero-order valence-electron chi connectivity index (χ0n) is 22.1. The van der Waals surface area contributed by atoms with Gasteiger partial charge in [-0.25, -0.2) is 4.79 Å². The topological polar surface area (TPSA) is 105 Å². The second-order valence-corrected chi connectivity index (χ2v) is 9.62. The molecule has 4 aromatic carbocycles. The predicted molar refractivity (Wildman–Crippen MR) is 154 cm³/mol. The van der Waals surface area contributed by atoms with E-state index in [1.165, 1.54) is 9.80 Å². The molecule has 4 aromatic rings. The summed E-state index contributed by atoms with van der Waals surface area (Å²) in [6.07, 6.45) is 0. The van der Waals surface area contributed by atoms with Gasteiger partial charge in [-0.15, -0.1) is 0 Å². The van der Waals surface area contributed by atoms with Crippen molar-refractivity contribution in [3.8, 4) is 5.75 Å². The number of benzene rings is 4. The molecule has 1 heterocycles. The van der Waals surface area contributed by atoms with Crippen LogP contribution in [0, 0.1) is 6.92 Å². The molecule has 8 heteroatoms. The summed E-state index contributed by atoms with van der Waals surface area (Å²) in [6, 6.07) is 31.2. The van der Waals surface area contributed by atoms with E-state index in [4.69, 9.17) is 10.5 Å². The third-order valence-corrected chi connectivity index (χ3v) is 6.77. The molecule has 1 atom stereocenters. The molecule has 0 bridgehead atoms. The zero-order valence-corrected chi connectivity index (χ0v) is 22.1. The minimum atomic E-state index is -1.10. The van der Waals surface area contributed by atoms with Gasteiger partial charge in [0.1, 0.15) is 24.9 Å². The van der Waals surface area contributed by atoms with Gasteiger partial charge >= 0.3 is 6.03 Å². The molecule has 40 heavy (non-hydrogen) atoms. The molecular weight excluding hydrogens is 504 g/mol. The minimum absolute atomic E-state index is 0.123. The number of nitrogens with one attached hydrogen (secondary N) is 1. The maximum atomic E-state index is 14.3. The van der Waals surface area contributed by atoms with Crippen LogP contribution in [0.2, 0.25) is 0 Å². The highest BCUT2D eigenvalue weighted by Crippen LogP contribution is 2.36. The van der Waals surface area contributed by atoms with Crippen molar-refractivity contribution in [3.05, 3.63) is 126 Å². The molecule has 8 nitrogen and oxygen atoms in total. The normalized spacial score (nSPS) is 14.6. The van der Waals surface area contributed by atoms with Crippen molar-refractivity contribution in [2.45, 2.75) is 19.0 Å². The fourth-order valence-corrected chi connectivity index (χ4v) is 4.99. The van der Waals surface area contributed by atoms with Gasteiger partial charge in [-0.2, -0.15) is 0 Å². The quantitative estimate of drug-likeness (QED) is 0.352. The van der Waals surface area contributed by atoms with Crippen LogP contribution in [-0.2, 0) is 9.59 Å². The lowest BCUT2D eigenvalue weighted by Crippen LogP contribution is -2.56. The number of nitrogens with two attached hydrogens (primary N) is 1. The number of aryl methyl sites for hydroxylation is 1. The van der Waals surface area contributed by atoms with Crippen LogP contribution in [-0.4, -0.2) is 41.9 Å². The molecular formula is C32H30N4O4. The van der Waals surface area contributed by atoms with Crippen LogP contribution < -0.4 is 20.7 Å². The molecule has 0 radical (unpaired) electrons. The Balaban J connectivity index is 1.65. The maximum Gasteiger partial charge on any atom is 0.323 e. The number of para-hydroxylation sites is 2. The highest BCUT2D eigenvalue weighted by Gasteiger charge is 2.42. The van der Waals surface area contributed by atoms with Crippen molar-refractivity contribution >= 4 is 29.2 Å². The average molecular weight is 535 g/mol. The first-order chi connectivity index (χ1) is 19.4. The van der Waals surface area contributed by atoms with E-state index < -0.39 is 29.9 Å². The molecule has 4 amide bonds. The smallest absolute Gasteiger partial charge is 0.323 e. The van der Waals surface area contributed by atoms with Gasteiger partial charge in [0.25, 0.3) is 5.91 Å². The first-order valence-electron chi connectivity index (χ1n) is 13.0. The number of anilines is 2. The molecule has 0 aromatic heterocycles. The van der Waals surface area contributed by atoms with Crippen molar-refractivity contribution in [2.24, 2.45) is 5.73 Å². The molecule has 0 unspecified atom stereocenters. The van der Waals surface area contributed by atoms with Gasteiger partial charge in [-0.3, -0.25) is 19.4 Å². The summed E-state index contributed by atoms with van der Waals surface area (Å²) in [5, 5.41) is 2.99. The van der Waals surface area contributed by atoms with Crippen molar-refractivity contribution in [2.75, 3.05) is 23.4 Å². The molecule has 0 saturated carbocycles. The van der Waals surface area contributed by atoms with Crippen LogP contribution in [0.1, 0.15) is 22.7 Å². The van der Waals surface area contributed by atoms with E-state index in [1.54, 1.807) is 30.3 Å². The van der Waals surface area contributed by atoms with Crippen LogP contribution >= 0.6 is 0 Å². The summed E-state index contributed by atoms with van der Waals surface area (Å²) < 4.78 is 6.13. The van der Waals surface area contributed by atoms with Gasteiger partial charge in [0, 0.05) is 5.69 Å². The summed E-state index contributed by atoms with van der Waals surface area (Å²) >= 11 is 0. The van der Waals surface area contributed by atoms with E-state index in [9.17, 15) is 14.4 Å². The molecule has 0 saturated heterocycles. The van der Waals surface area contributed by atoms with Crippen LogP contribution in [0.15, 0.2) is 109 Å². The summed E-state index contributed by atoms with van der Waals surface area (Å²) in [5.74, 6) is -0.725. The summed E-state index contributed by atoms with van der Waals surface area (Å²) in [5.41, 5.74) is 9.17. The fourth-order valence-electron chi connectivity index (χ4n) is 4.99. The van der Waals surface area contributed by atoms with Crippen molar-refractivity contribution in [1.29, 1.82) is 0 Å². The number of primary amides is 1. The lowest BCUT2D eigenvalue weighted by atomic mass is 9.95. The molecule has 1 aliphatic heterocycles. The van der Waals surface area contributed by atoms with Gasteiger partial charge in [0.15, 0.2) is 0 Å². The Kier molecular flexibility index (Phi) is 7.77. The summed E-state index contributed by atoms with van der Waals surface area (Å²) in [6.45, 7) is 1.46. The van der Waals surface area contributed by atoms with Gasteiger partial charge < -0.3 is 15.8 Å². The summed E-state index contributed by atoms with van der Waals surface area (Å²) in [4.78, 5) is 43.4. The Morgan fingerprint density at radius 3 is 2.17 bits per heavy atom. The molecule has 0 fully saturated rings. The molecule has 0 spiro atoms. The second kappa shape index (κ2) is 11.7. The van der Waals surface area contributed by atoms with Crippen LogP contribution in [0.3, 0.4) is 0 Å². The molecule has 1 aliphatic rings. The van der Waals surface area contributed by atoms with Crippen molar-refractivity contribution in [3.63, 3.8) is 0 Å². The van der Waals surface area contributed by atoms with Gasteiger partial charge in [-0.05, 0) is 47.9 Å². The first-order valence-corrected chi connectivity index (χ1v) is 13.0. The minimum Gasteiger partial charge on any atom is -0.489 e. The van der Waals surface area contributed by atoms with Crippen LogP contribution in [0.4, 0.5) is 16.2 Å². The fraction of sp³-hybridized carbons (Fsp3) is 0.156. The van der Waals surface area contributed by atoms with Gasteiger partial charge in [-0.1, -0.05) is 84.9 Å². The maximum absolute atomic E-state index is 14.3. The Hall–Kier alpha value is -5.11. The number of rotatable bonds is 7. The standard InChI is InChI=1S/C32H30N4O4/c1-22-11-10-16-25(19-22)34-32(39)36(30(23-12-4-2-5-13-23)24-14-6-3-7-15-24)27-21-40-28-18-9-8-17-26(28)35(31(27)38)20-29(33)37/h2-19,27,30H,20-21H2,1H3,(H2,33,37)(H,34,39)/t27-/m1/s1. The van der Waals surface area contributed by atoms with E-state index in [1.807, 2.05) is 85.8 Å². The Bertz CT molecular complexity index is 1470. The SMILES string of the molecule is Cc1cccc(NC(=O)N(C(c2ccccc2)c2ccccc2)[C@@H]2COc3ccccc3N(CC(N)=O)C2=O)c1. The zero-order chi connectivity index (χ0) is 28.1. The number of hydrogen-bond acceptors (Lipinski definition) is 4. The van der Waals surface area contributed by atoms with E-state index in [-0.39, 0.29) is 13.2 Å². The Labute approximate surface area is 233 Å². The first kappa shape index (κ1) is 26.5. The third-order valence-electron chi connectivity index (χ3n) is 6.77. The molecule has 5 rings (SSSR count). The Morgan fingerprint density at radius 1 is 0.925 bits per heavy atom. The molecule has 0 aliphatic carbocycles. The van der Waals surface area contributed by atoms with Crippen LogP contribution in [0.25, 0.3) is 0 Å². The highest BCUT2D eigenvalue weighted by molar-refractivity contribution is 6.05. The van der Waals surface area contributed by atoms with Crippen molar-refractivity contribution in [1.82, 2.24) is 4.90 Å². The number of urea groups is 1. The molecule has 202 valence electrons. The molecule has 3 N–H and O–H groups in total. The number of carbonyl (C=O) groups excluding carboxylic acids is 3. The van der Waals surface area contributed by atoms with E-state index in [2.05, 4.69) is 5.32 Å². The number of nitrogens with zero attached hydrogens (tertiary/aromatic N) is 2. The van der Waals surface area contributed by atoms with Gasteiger partial charge in [0.05, 0.1) is 11.7 Å². The summed E-state index contributed by atoms with van der Waals surface area (Å²) in [7, 11) is 0. The van der Waals surface area contributed by atoms with E-state index in [0.717, 1.165) is 16.7 Å². The van der Waals surface area contributed by atoms with E-state index >= 15 is 0 Å². The largest absolute Gasteiger partial charge is 0.489 e. The van der Waals surface area contributed by atoms with Gasteiger partial charge in [0.2, 0.25) is 5.91 Å². The predicted octanol–water partition coefficient (Wildman–Crippen LogP) is 4.90. The van der Waals surface area contributed by atoms with Crippen LogP contribution in [0.5, 0.6) is 5.75 Å². The monoisotopic (exact) mass is 534 g/mol.